The van der Waals surface area contributed by atoms with E-state index in [4.69, 9.17) is 4.74 Å². The lowest BCUT2D eigenvalue weighted by molar-refractivity contribution is -0.000578. The van der Waals surface area contributed by atoms with Gasteiger partial charge in [0.2, 0.25) is 0 Å². The maximum atomic E-state index is 12.2. The zero-order valence-electron chi connectivity index (χ0n) is 11.5. The van der Waals surface area contributed by atoms with Crippen LogP contribution in [-0.4, -0.2) is 29.2 Å². The van der Waals surface area contributed by atoms with Crippen LogP contribution in [-0.2, 0) is 4.74 Å². The second-order valence-corrected chi connectivity index (χ2v) is 6.69. The Bertz CT molecular complexity index is 295. The number of nitrogens with zero attached hydrogens (tertiary/aromatic N) is 1. The Morgan fingerprint density at radius 3 is 2.65 bits per heavy atom. The predicted octanol–water partition coefficient (Wildman–Crippen LogP) is 3.43. The van der Waals surface area contributed by atoms with Crippen molar-refractivity contribution in [1.82, 2.24) is 4.90 Å². The van der Waals surface area contributed by atoms with E-state index in [2.05, 4.69) is 6.92 Å². The molecule has 3 fully saturated rings. The highest BCUT2D eigenvalue weighted by molar-refractivity contribution is 5.68. The second kappa shape index (κ2) is 4.51. The van der Waals surface area contributed by atoms with Crippen LogP contribution in [0.2, 0.25) is 0 Å². The van der Waals surface area contributed by atoms with Gasteiger partial charge in [0.25, 0.3) is 0 Å². The van der Waals surface area contributed by atoms with E-state index in [-0.39, 0.29) is 11.7 Å². The van der Waals surface area contributed by atoms with Crippen molar-refractivity contribution in [2.45, 2.75) is 65.0 Å². The molecule has 0 aromatic carbocycles. The molecule has 3 atom stereocenters. The Balaban J connectivity index is 2.05. The molecule has 2 saturated heterocycles. The molecule has 1 unspecified atom stereocenters. The molecular formula is C14H25NO2. The largest absolute Gasteiger partial charge is 0.444 e. The molecule has 3 rings (SSSR count). The minimum atomic E-state index is -0.381. The monoisotopic (exact) mass is 239 g/mol. The number of hydrogen-bond donors (Lipinski definition) is 0. The van der Waals surface area contributed by atoms with Crippen LogP contribution in [0.25, 0.3) is 0 Å². The van der Waals surface area contributed by atoms with E-state index in [1.54, 1.807) is 0 Å². The second-order valence-electron chi connectivity index (χ2n) is 6.69. The van der Waals surface area contributed by atoms with Crippen LogP contribution >= 0.6 is 0 Å². The maximum Gasteiger partial charge on any atom is 0.410 e. The summed E-state index contributed by atoms with van der Waals surface area (Å²) in [4.78, 5) is 14.2. The fourth-order valence-electron chi connectivity index (χ4n) is 3.14. The van der Waals surface area contributed by atoms with Gasteiger partial charge < -0.3 is 9.64 Å². The average Bonchev–Trinajstić information content (AvgIpc) is 2.46. The normalized spacial score (nSPS) is 33.4. The summed E-state index contributed by atoms with van der Waals surface area (Å²) >= 11 is 0. The van der Waals surface area contributed by atoms with Crippen LogP contribution in [0.5, 0.6) is 0 Å². The van der Waals surface area contributed by atoms with Gasteiger partial charge >= 0.3 is 6.09 Å². The maximum absolute atomic E-state index is 12.2. The summed E-state index contributed by atoms with van der Waals surface area (Å²) in [6.45, 7) is 9.03. The number of ether oxygens (including phenoxy) is 1. The van der Waals surface area contributed by atoms with Gasteiger partial charge in [-0.25, -0.2) is 4.79 Å². The van der Waals surface area contributed by atoms with Crippen LogP contribution in [0.15, 0.2) is 0 Å². The molecule has 3 heteroatoms. The third-order valence-electron chi connectivity index (χ3n) is 4.06. The number of carbonyl (C=O) groups is 1. The number of piperidine rings is 1. The van der Waals surface area contributed by atoms with Gasteiger partial charge in [-0.3, -0.25) is 0 Å². The molecule has 0 radical (unpaired) electrons. The van der Waals surface area contributed by atoms with E-state index in [9.17, 15) is 4.79 Å². The van der Waals surface area contributed by atoms with Gasteiger partial charge in [0, 0.05) is 12.6 Å². The van der Waals surface area contributed by atoms with Crippen LogP contribution in [0.1, 0.15) is 53.4 Å². The Morgan fingerprint density at radius 2 is 2.00 bits per heavy atom. The average molecular weight is 239 g/mol. The first-order valence-corrected chi connectivity index (χ1v) is 6.86. The van der Waals surface area contributed by atoms with Crippen LogP contribution in [0.4, 0.5) is 4.79 Å². The minimum Gasteiger partial charge on any atom is -0.444 e. The highest BCUT2D eigenvalue weighted by Crippen LogP contribution is 2.37. The van der Waals surface area contributed by atoms with Gasteiger partial charge in [-0.1, -0.05) is 13.3 Å². The van der Waals surface area contributed by atoms with E-state index in [0.717, 1.165) is 25.3 Å². The predicted molar refractivity (Wildman–Crippen MR) is 67.9 cm³/mol. The van der Waals surface area contributed by atoms with Crippen molar-refractivity contribution in [3.8, 4) is 0 Å². The summed E-state index contributed by atoms with van der Waals surface area (Å²) in [5.74, 6) is 1.45. The van der Waals surface area contributed by atoms with Crippen molar-refractivity contribution in [3.05, 3.63) is 0 Å². The molecule has 0 N–H and O–H groups in total. The standard InChI is InChI=1S/C14H25NO2/c1-10-8-12-7-5-6-11(10)9-15(12)13(16)17-14(2,3)4/h10-12H,5-9H2,1-4H3/t10-,11?,12-/m0/s1. The van der Waals surface area contributed by atoms with Crippen LogP contribution < -0.4 is 0 Å². The molecule has 17 heavy (non-hydrogen) atoms. The van der Waals surface area contributed by atoms with Crippen LogP contribution in [0.3, 0.4) is 0 Å². The first kappa shape index (κ1) is 12.7. The molecule has 2 heterocycles. The molecular weight excluding hydrogens is 214 g/mol. The molecule has 3 aliphatic rings. The molecule has 0 aromatic rings. The molecule has 1 aliphatic carbocycles. The Kier molecular flexibility index (Phi) is 3.37. The summed E-state index contributed by atoms with van der Waals surface area (Å²) < 4.78 is 5.51. The minimum absolute atomic E-state index is 0.110. The molecule has 1 amide bonds. The summed E-state index contributed by atoms with van der Waals surface area (Å²) in [6, 6.07) is 0.415. The summed E-state index contributed by atoms with van der Waals surface area (Å²) in [7, 11) is 0. The molecule has 3 nitrogen and oxygen atoms in total. The zero-order chi connectivity index (χ0) is 12.6. The smallest absolute Gasteiger partial charge is 0.410 e. The van der Waals surface area contributed by atoms with E-state index >= 15 is 0 Å². The van der Waals surface area contributed by atoms with Crippen molar-refractivity contribution in [3.63, 3.8) is 0 Å². The van der Waals surface area contributed by atoms with Crippen molar-refractivity contribution in [1.29, 1.82) is 0 Å². The van der Waals surface area contributed by atoms with Crippen molar-refractivity contribution in [2.75, 3.05) is 6.54 Å². The van der Waals surface area contributed by atoms with Crippen LogP contribution in [0, 0.1) is 11.8 Å². The van der Waals surface area contributed by atoms with E-state index in [0.29, 0.717) is 12.0 Å². The van der Waals surface area contributed by atoms with Gasteiger partial charge in [-0.2, -0.15) is 0 Å². The lowest BCUT2D eigenvalue weighted by atomic mass is 9.84. The molecule has 0 aromatic heterocycles. The van der Waals surface area contributed by atoms with Gasteiger partial charge in [0.05, 0.1) is 0 Å². The number of amides is 1. The molecule has 98 valence electrons. The molecule has 1 saturated carbocycles. The topological polar surface area (TPSA) is 29.5 Å². The fourth-order valence-corrected chi connectivity index (χ4v) is 3.14. The third kappa shape index (κ3) is 2.93. The molecule has 0 spiro atoms. The lowest BCUT2D eigenvalue weighted by Crippen LogP contribution is -2.49. The summed E-state index contributed by atoms with van der Waals surface area (Å²) in [5.41, 5.74) is -0.381. The van der Waals surface area contributed by atoms with Crippen molar-refractivity contribution < 1.29 is 9.53 Å². The third-order valence-corrected chi connectivity index (χ3v) is 4.06. The first-order valence-electron chi connectivity index (χ1n) is 6.86. The van der Waals surface area contributed by atoms with E-state index in [1.165, 1.54) is 12.8 Å². The Labute approximate surface area is 105 Å². The molecule has 2 bridgehead atoms. The van der Waals surface area contributed by atoms with Gasteiger partial charge in [0.1, 0.15) is 5.60 Å². The zero-order valence-corrected chi connectivity index (χ0v) is 11.5. The molecule has 2 aliphatic heterocycles. The highest BCUT2D eigenvalue weighted by Gasteiger charge is 2.39. The van der Waals surface area contributed by atoms with E-state index < -0.39 is 0 Å². The quantitative estimate of drug-likeness (QED) is 0.648. The fraction of sp³-hybridized carbons (Fsp3) is 0.929. The Morgan fingerprint density at radius 1 is 1.29 bits per heavy atom. The number of rotatable bonds is 0. The lowest BCUT2D eigenvalue weighted by Gasteiger charge is -2.40. The number of fused-ring (bicyclic) bond motifs is 4. The SMILES string of the molecule is C[C@H]1C[C@@H]2CCCC1CN2C(=O)OC(C)(C)C. The van der Waals surface area contributed by atoms with E-state index in [1.807, 2.05) is 25.7 Å². The van der Waals surface area contributed by atoms with Gasteiger partial charge in [-0.05, 0) is 51.9 Å². The highest BCUT2D eigenvalue weighted by atomic mass is 16.6. The summed E-state index contributed by atoms with van der Waals surface area (Å²) in [6.07, 6.45) is 4.74. The first-order chi connectivity index (χ1) is 7.87. The number of carbonyl (C=O) groups excluding carboxylic acids is 1. The van der Waals surface area contributed by atoms with Crippen molar-refractivity contribution >= 4 is 6.09 Å². The van der Waals surface area contributed by atoms with Gasteiger partial charge in [-0.15, -0.1) is 0 Å². The van der Waals surface area contributed by atoms with Crippen molar-refractivity contribution in [2.24, 2.45) is 11.8 Å². The summed E-state index contributed by atoms with van der Waals surface area (Å²) in [5, 5.41) is 0. The Hall–Kier alpha value is -0.730. The number of hydrogen-bond acceptors (Lipinski definition) is 2. The van der Waals surface area contributed by atoms with Gasteiger partial charge in [0.15, 0.2) is 0 Å².